The van der Waals surface area contributed by atoms with Gasteiger partial charge in [0.05, 0.1) is 20.3 Å². The van der Waals surface area contributed by atoms with E-state index in [-0.39, 0.29) is 18.8 Å². The van der Waals surface area contributed by atoms with E-state index in [1.807, 2.05) is 0 Å². The summed E-state index contributed by atoms with van der Waals surface area (Å²) in [5.41, 5.74) is 0.427. The number of Topliss-reactive ketones (excluding diaryl/α,β-unsaturated/α-hetero) is 1. The van der Waals surface area contributed by atoms with Crippen molar-refractivity contribution in [1.82, 2.24) is 0 Å². The van der Waals surface area contributed by atoms with Crippen LogP contribution in [-0.2, 0) is 23.9 Å². The van der Waals surface area contributed by atoms with Crippen LogP contribution in [-0.4, -0.2) is 38.0 Å². The van der Waals surface area contributed by atoms with E-state index in [1.54, 1.807) is 38.1 Å². The second kappa shape index (κ2) is 9.40. The SMILES string of the molecule is CCOC(=O)CC(=O)C(=Cc1ccc(OC)cc1)C(=O)OCC. The quantitative estimate of drug-likeness (QED) is 0.316. The maximum absolute atomic E-state index is 12.2. The maximum Gasteiger partial charge on any atom is 0.341 e. The molecule has 0 radical (unpaired) electrons. The van der Waals surface area contributed by atoms with Crippen LogP contribution in [0.4, 0.5) is 0 Å². The Morgan fingerprint density at radius 1 is 1.00 bits per heavy atom. The zero-order chi connectivity index (χ0) is 17.2. The Morgan fingerprint density at radius 2 is 1.61 bits per heavy atom. The predicted molar refractivity (Wildman–Crippen MR) is 83.9 cm³/mol. The maximum atomic E-state index is 12.2. The first-order valence-electron chi connectivity index (χ1n) is 7.23. The van der Waals surface area contributed by atoms with E-state index in [0.29, 0.717) is 11.3 Å². The largest absolute Gasteiger partial charge is 0.497 e. The van der Waals surface area contributed by atoms with Crippen LogP contribution in [0, 0.1) is 0 Å². The van der Waals surface area contributed by atoms with Crippen molar-refractivity contribution in [3.05, 3.63) is 35.4 Å². The number of benzene rings is 1. The van der Waals surface area contributed by atoms with Crippen LogP contribution < -0.4 is 4.74 Å². The standard InChI is InChI=1S/C17H20O6/c1-4-22-16(19)11-15(18)14(17(20)23-5-2)10-12-6-8-13(21-3)9-7-12/h6-10H,4-5,11H2,1-3H3. The summed E-state index contributed by atoms with van der Waals surface area (Å²) >= 11 is 0. The number of carbonyl (C=O) groups excluding carboxylic acids is 3. The van der Waals surface area contributed by atoms with Gasteiger partial charge in [0.25, 0.3) is 0 Å². The van der Waals surface area contributed by atoms with E-state index in [9.17, 15) is 14.4 Å². The highest BCUT2D eigenvalue weighted by Gasteiger charge is 2.22. The van der Waals surface area contributed by atoms with Gasteiger partial charge in [0.15, 0.2) is 5.78 Å². The second-order valence-electron chi connectivity index (χ2n) is 4.46. The van der Waals surface area contributed by atoms with Crippen LogP contribution in [0.15, 0.2) is 29.8 Å². The zero-order valence-electron chi connectivity index (χ0n) is 13.5. The van der Waals surface area contributed by atoms with Gasteiger partial charge in [-0.25, -0.2) is 4.79 Å². The van der Waals surface area contributed by atoms with Gasteiger partial charge in [0, 0.05) is 0 Å². The van der Waals surface area contributed by atoms with Crippen LogP contribution in [0.3, 0.4) is 0 Å². The molecule has 1 aromatic carbocycles. The Hall–Kier alpha value is -2.63. The van der Waals surface area contributed by atoms with Gasteiger partial charge in [0.1, 0.15) is 17.7 Å². The summed E-state index contributed by atoms with van der Waals surface area (Å²) in [7, 11) is 1.54. The monoisotopic (exact) mass is 320 g/mol. The summed E-state index contributed by atoms with van der Waals surface area (Å²) in [6.07, 6.45) is 0.883. The average Bonchev–Trinajstić information content (AvgIpc) is 2.53. The summed E-state index contributed by atoms with van der Waals surface area (Å²) in [4.78, 5) is 35.6. The number of methoxy groups -OCH3 is 1. The molecule has 0 saturated carbocycles. The van der Waals surface area contributed by atoms with E-state index in [0.717, 1.165) is 0 Å². The van der Waals surface area contributed by atoms with Gasteiger partial charge >= 0.3 is 11.9 Å². The Morgan fingerprint density at radius 3 is 2.13 bits per heavy atom. The van der Waals surface area contributed by atoms with Crippen molar-refractivity contribution in [2.45, 2.75) is 20.3 Å². The molecule has 0 aliphatic heterocycles. The number of hydrogen-bond donors (Lipinski definition) is 0. The van der Waals surface area contributed by atoms with E-state index >= 15 is 0 Å². The topological polar surface area (TPSA) is 78.9 Å². The lowest BCUT2D eigenvalue weighted by Crippen LogP contribution is -2.19. The normalized spacial score (nSPS) is 10.8. The average molecular weight is 320 g/mol. The van der Waals surface area contributed by atoms with Gasteiger partial charge in [-0.3, -0.25) is 9.59 Å². The van der Waals surface area contributed by atoms with Crippen LogP contribution >= 0.6 is 0 Å². The molecule has 0 atom stereocenters. The fourth-order valence-corrected chi connectivity index (χ4v) is 1.77. The first-order chi connectivity index (χ1) is 11.0. The molecule has 0 unspecified atom stereocenters. The Labute approximate surface area is 135 Å². The van der Waals surface area contributed by atoms with Crippen LogP contribution in [0.25, 0.3) is 6.08 Å². The van der Waals surface area contributed by atoms with Crippen molar-refractivity contribution in [2.75, 3.05) is 20.3 Å². The molecule has 6 heteroatoms. The zero-order valence-corrected chi connectivity index (χ0v) is 13.5. The molecule has 23 heavy (non-hydrogen) atoms. The molecule has 0 N–H and O–H groups in total. The van der Waals surface area contributed by atoms with E-state index in [4.69, 9.17) is 14.2 Å². The van der Waals surface area contributed by atoms with Gasteiger partial charge < -0.3 is 14.2 Å². The van der Waals surface area contributed by atoms with Crippen LogP contribution in [0.2, 0.25) is 0 Å². The first kappa shape index (κ1) is 18.4. The van der Waals surface area contributed by atoms with Crippen molar-refractivity contribution in [3.63, 3.8) is 0 Å². The molecule has 0 bridgehead atoms. The molecule has 6 nitrogen and oxygen atoms in total. The van der Waals surface area contributed by atoms with E-state index in [1.165, 1.54) is 13.2 Å². The number of ether oxygens (including phenoxy) is 3. The lowest BCUT2D eigenvalue weighted by molar-refractivity contribution is -0.145. The molecule has 1 rings (SSSR count). The summed E-state index contributed by atoms with van der Waals surface area (Å²) < 4.78 is 14.7. The van der Waals surface area contributed by atoms with Crippen molar-refractivity contribution in [2.24, 2.45) is 0 Å². The molecule has 124 valence electrons. The van der Waals surface area contributed by atoms with Gasteiger partial charge in [-0.05, 0) is 37.6 Å². The molecule has 0 aromatic heterocycles. The van der Waals surface area contributed by atoms with Gasteiger partial charge in [-0.15, -0.1) is 0 Å². The number of esters is 2. The molecular weight excluding hydrogens is 300 g/mol. The molecular formula is C17H20O6. The molecule has 0 amide bonds. The second-order valence-corrected chi connectivity index (χ2v) is 4.46. The van der Waals surface area contributed by atoms with Crippen LogP contribution in [0.1, 0.15) is 25.8 Å². The number of hydrogen-bond acceptors (Lipinski definition) is 6. The Bertz CT molecular complexity index is 586. The molecule has 0 spiro atoms. The molecule has 0 heterocycles. The van der Waals surface area contributed by atoms with Gasteiger partial charge in [-0.2, -0.15) is 0 Å². The minimum atomic E-state index is -0.766. The smallest absolute Gasteiger partial charge is 0.341 e. The van der Waals surface area contributed by atoms with E-state index < -0.39 is 24.1 Å². The highest BCUT2D eigenvalue weighted by atomic mass is 16.5. The molecule has 0 fully saturated rings. The summed E-state index contributed by atoms with van der Waals surface area (Å²) in [6.45, 7) is 3.58. The molecule has 0 aliphatic carbocycles. The minimum Gasteiger partial charge on any atom is -0.497 e. The third kappa shape index (κ3) is 5.94. The fraction of sp³-hybridized carbons (Fsp3) is 0.353. The Kier molecular flexibility index (Phi) is 7.53. The fourth-order valence-electron chi connectivity index (χ4n) is 1.77. The third-order valence-electron chi connectivity index (χ3n) is 2.83. The number of rotatable bonds is 8. The van der Waals surface area contributed by atoms with Crippen molar-refractivity contribution in [1.29, 1.82) is 0 Å². The van der Waals surface area contributed by atoms with E-state index in [2.05, 4.69) is 0 Å². The Balaban J connectivity index is 3.03. The lowest BCUT2D eigenvalue weighted by Gasteiger charge is -2.07. The highest BCUT2D eigenvalue weighted by Crippen LogP contribution is 2.16. The van der Waals surface area contributed by atoms with Crippen molar-refractivity contribution in [3.8, 4) is 5.75 Å². The molecule has 0 saturated heterocycles. The lowest BCUT2D eigenvalue weighted by atomic mass is 10.0. The molecule has 1 aromatic rings. The predicted octanol–water partition coefficient (Wildman–Crippen LogP) is 2.16. The van der Waals surface area contributed by atoms with Crippen molar-refractivity contribution < 1.29 is 28.6 Å². The summed E-state index contributed by atoms with van der Waals surface area (Å²) in [5, 5.41) is 0. The summed E-state index contributed by atoms with van der Waals surface area (Å²) in [6, 6.07) is 6.78. The van der Waals surface area contributed by atoms with Gasteiger partial charge in [0.2, 0.25) is 0 Å². The highest BCUT2D eigenvalue weighted by molar-refractivity contribution is 6.23. The third-order valence-corrected chi connectivity index (χ3v) is 2.83. The minimum absolute atomic E-state index is 0.130. The first-order valence-corrected chi connectivity index (χ1v) is 7.23. The molecule has 0 aliphatic rings. The van der Waals surface area contributed by atoms with Crippen LogP contribution in [0.5, 0.6) is 5.75 Å². The number of carbonyl (C=O) groups is 3. The van der Waals surface area contributed by atoms with Gasteiger partial charge in [-0.1, -0.05) is 12.1 Å². The van der Waals surface area contributed by atoms with Crippen molar-refractivity contribution >= 4 is 23.8 Å². The number of ketones is 1. The summed E-state index contributed by atoms with van der Waals surface area (Å²) in [5.74, 6) is -1.43.